The van der Waals surface area contributed by atoms with Crippen LogP contribution in [0.5, 0.6) is 0 Å². The molecule has 0 bridgehead atoms. The minimum absolute atomic E-state index is 0.0800. The second-order valence-corrected chi connectivity index (χ2v) is 8.53. The van der Waals surface area contributed by atoms with Crippen molar-refractivity contribution in [2.24, 2.45) is 10.9 Å². The van der Waals surface area contributed by atoms with Crippen LogP contribution in [0.2, 0.25) is 0 Å². The smallest absolute Gasteiger partial charge is 0.414 e. The number of carbonyl (C=O) groups is 2. The summed E-state index contributed by atoms with van der Waals surface area (Å²) in [6.45, 7) is 3.04. The van der Waals surface area contributed by atoms with Crippen LogP contribution in [0.3, 0.4) is 0 Å². The summed E-state index contributed by atoms with van der Waals surface area (Å²) in [4.78, 5) is 25.7. The Hall–Kier alpha value is -3.93. The van der Waals surface area contributed by atoms with E-state index in [1.807, 2.05) is 0 Å². The predicted molar refractivity (Wildman–Crippen MR) is 131 cm³/mol. The number of rotatable bonds is 6. The Morgan fingerprint density at radius 3 is 1.82 bits per heavy atom. The minimum atomic E-state index is -1.82. The molecule has 0 radical (unpaired) electrons. The van der Waals surface area contributed by atoms with Crippen LogP contribution in [0.25, 0.3) is 0 Å². The molecule has 1 saturated carbocycles. The van der Waals surface area contributed by atoms with Gasteiger partial charge in [0, 0.05) is 24.4 Å². The first kappa shape index (κ1) is 23.2. The van der Waals surface area contributed by atoms with Crippen LogP contribution < -0.4 is 0 Å². The highest BCUT2D eigenvalue weighted by Crippen LogP contribution is 2.60. The molecule has 1 atom stereocenters. The van der Waals surface area contributed by atoms with Gasteiger partial charge in [-0.3, -0.25) is 4.99 Å². The van der Waals surface area contributed by atoms with Gasteiger partial charge in [-0.05, 0) is 29.5 Å². The van der Waals surface area contributed by atoms with Gasteiger partial charge < -0.3 is 15.1 Å². The maximum Gasteiger partial charge on any atom is 0.414 e. The number of hydrogen-bond acceptors (Lipinski definition) is 4. The average molecular weight is 457 g/mol. The Bertz CT molecular complexity index is 1100. The molecule has 0 aromatic heterocycles. The van der Waals surface area contributed by atoms with Crippen LogP contribution in [0.4, 0.5) is 0 Å². The van der Waals surface area contributed by atoms with E-state index in [1.165, 1.54) is 22.5 Å². The molecular weight excluding hydrogens is 428 g/mol. The molecule has 6 heteroatoms. The number of amidine groups is 1. The van der Waals surface area contributed by atoms with Crippen LogP contribution in [0.15, 0.2) is 96.0 Å². The summed E-state index contributed by atoms with van der Waals surface area (Å²) in [6, 6.07) is 32.8. The molecule has 1 aliphatic heterocycles. The number of hydrogen-bond donors (Lipinski definition) is 2. The molecule has 3 aromatic rings. The normalized spacial score (nSPS) is 17.8. The van der Waals surface area contributed by atoms with E-state index in [9.17, 15) is 0 Å². The van der Waals surface area contributed by atoms with E-state index in [2.05, 4.69) is 95.9 Å². The zero-order valence-corrected chi connectivity index (χ0v) is 18.9. The molecule has 1 unspecified atom stereocenters. The van der Waals surface area contributed by atoms with Gasteiger partial charge in [0.25, 0.3) is 0 Å². The molecule has 34 heavy (non-hydrogen) atoms. The van der Waals surface area contributed by atoms with Crippen molar-refractivity contribution in [1.82, 2.24) is 4.90 Å². The number of carboxylic acids is 2. The van der Waals surface area contributed by atoms with Crippen molar-refractivity contribution in [3.05, 3.63) is 108 Å². The van der Waals surface area contributed by atoms with Crippen LogP contribution in [0.1, 0.15) is 23.1 Å². The van der Waals surface area contributed by atoms with Crippen molar-refractivity contribution >= 4 is 17.8 Å². The summed E-state index contributed by atoms with van der Waals surface area (Å²) in [7, 11) is 0. The monoisotopic (exact) mass is 456 g/mol. The molecule has 1 heterocycles. The Morgan fingerprint density at radius 2 is 1.32 bits per heavy atom. The van der Waals surface area contributed by atoms with E-state index < -0.39 is 11.9 Å². The van der Waals surface area contributed by atoms with Crippen molar-refractivity contribution in [1.29, 1.82) is 0 Å². The average Bonchev–Trinajstić information content (AvgIpc) is 3.46. The lowest BCUT2D eigenvalue weighted by atomic mass is 9.85. The molecule has 2 N–H and O–H groups in total. The van der Waals surface area contributed by atoms with Gasteiger partial charge in [-0.15, -0.1) is 0 Å². The first-order chi connectivity index (χ1) is 16.5. The third kappa shape index (κ3) is 5.01. The van der Waals surface area contributed by atoms with E-state index in [0.29, 0.717) is 5.92 Å². The fourth-order valence-electron chi connectivity index (χ4n) is 4.82. The van der Waals surface area contributed by atoms with E-state index in [-0.39, 0.29) is 5.41 Å². The summed E-state index contributed by atoms with van der Waals surface area (Å²) in [5, 5.41) is 14.8. The number of nitrogens with zero attached hydrogens (tertiary/aromatic N) is 2. The van der Waals surface area contributed by atoms with Gasteiger partial charge in [-0.2, -0.15) is 0 Å². The van der Waals surface area contributed by atoms with Gasteiger partial charge in [0.1, 0.15) is 5.84 Å². The van der Waals surface area contributed by atoms with Crippen LogP contribution in [-0.2, 0) is 21.4 Å². The molecular formula is C28H28N2O4. The molecule has 1 aliphatic carbocycles. The van der Waals surface area contributed by atoms with Crippen molar-refractivity contribution in [2.75, 3.05) is 19.6 Å². The van der Waals surface area contributed by atoms with Gasteiger partial charge >= 0.3 is 11.9 Å². The summed E-state index contributed by atoms with van der Waals surface area (Å²) in [5.41, 5.74) is 4.33. The largest absolute Gasteiger partial charge is 0.473 e. The fraction of sp³-hybridized carbons (Fsp3) is 0.250. The van der Waals surface area contributed by atoms with Gasteiger partial charge in [-0.1, -0.05) is 91.0 Å². The van der Waals surface area contributed by atoms with Crippen LogP contribution in [0, 0.1) is 5.92 Å². The lowest BCUT2D eigenvalue weighted by molar-refractivity contribution is -0.159. The number of carboxylic acid groups (broad SMARTS) is 2. The van der Waals surface area contributed by atoms with Crippen molar-refractivity contribution < 1.29 is 19.8 Å². The third-order valence-corrected chi connectivity index (χ3v) is 6.51. The summed E-state index contributed by atoms with van der Waals surface area (Å²) >= 11 is 0. The number of benzene rings is 3. The fourth-order valence-corrected chi connectivity index (χ4v) is 4.82. The van der Waals surface area contributed by atoms with Crippen molar-refractivity contribution in [3.8, 4) is 0 Å². The molecule has 6 nitrogen and oxygen atoms in total. The van der Waals surface area contributed by atoms with E-state index in [0.717, 1.165) is 32.5 Å². The molecule has 1 fully saturated rings. The standard InChI is InChI=1S/C26H26N2.C2H2O4/c1-4-10-21(11-5-1)16-18-28-19-17-27-25(28)24-20-26(24,22-12-6-2-7-13-22)23-14-8-3-9-15-23;3-1(4)2(5)6/h1-15,24H,16-20H2;(H,3,4)(H,5,6). The Labute approximate surface area is 199 Å². The minimum Gasteiger partial charge on any atom is -0.473 e. The second-order valence-electron chi connectivity index (χ2n) is 8.53. The molecule has 174 valence electrons. The quantitative estimate of drug-likeness (QED) is 0.545. The lowest BCUT2D eigenvalue weighted by Gasteiger charge is -2.24. The predicted octanol–water partition coefficient (Wildman–Crippen LogP) is 4.11. The molecule has 5 rings (SSSR count). The Balaban J connectivity index is 0.000000408. The van der Waals surface area contributed by atoms with E-state index >= 15 is 0 Å². The Morgan fingerprint density at radius 1 is 0.824 bits per heavy atom. The van der Waals surface area contributed by atoms with Gasteiger partial charge in [0.2, 0.25) is 0 Å². The van der Waals surface area contributed by atoms with Crippen LogP contribution >= 0.6 is 0 Å². The van der Waals surface area contributed by atoms with Gasteiger partial charge in [-0.25, -0.2) is 9.59 Å². The number of aliphatic imine (C=N–C) groups is 1. The highest BCUT2D eigenvalue weighted by atomic mass is 16.4. The zero-order chi connectivity index (χ0) is 24.0. The zero-order valence-electron chi connectivity index (χ0n) is 18.9. The molecule has 0 saturated heterocycles. The summed E-state index contributed by atoms with van der Waals surface area (Å²) in [6.07, 6.45) is 2.23. The maximum atomic E-state index is 9.10. The third-order valence-electron chi connectivity index (χ3n) is 6.51. The molecule has 0 amide bonds. The first-order valence-corrected chi connectivity index (χ1v) is 11.4. The highest BCUT2D eigenvalue weighted by Gasteiger charge is 2.60. The number of aliphatic carboxylic acids is 2. The van der Waals surface area contributed by atoms with Crippen molar-refractivity contribution in [2.45, 2.75) is 18.3 Å². The maximum absolute atomic E-state index is 9.10. The highest BCUT2D eigenvalue weighted by molar-refractivity contribution is 6.27. The molecule has 2 aliphatic rings. The SMILES string of the molecule is O=C(O)C(=O)O.c1ccc(CCN2CCN=C2C2CC2(c2ccccc2)c2ccccc2)cc1. The van der Waals surface area contributed by atoms with Gasteiger partial charge in [0.15, 0.2) is 0 Å². The van der Waals surface area contributed by atoms with Crippen molar-refractivity contribution in [3.63, 3.8) is 0 Å². The molecule has 3 aromatic carbocycles. The summed E-state index contributed by atoms with van der Waals surface area (Å²) in [5.74, 6) is -1.84. The van der Waals surface area contributed by atoms with E-state index in [1.54, 1.807) is 0 Å². The van der Waals surface area contributed by atoms with E-state index in [4.69, 9.17) is 24.8 Å². The summed E-state index contributed by atoms with van der Waals surface area (Å²) < 4.78 is 0. The van der Waals surface area contributed by atoms with Crippen LogP contribution in [-0.4, -0.2) is 52.5 Å². The topological polar surface area (TPSA) is 90.2 Å². The van der Waals surface area contributed by atoms with Gasteiger partial charge in [0.05, 0.1) is 6.54 Å². The first-order valence-electron chi connectivity index (χ1n) is 11.4. The second kappa shape index (κ2) is 10.3. The lowest BCUT2D eigenvalue weighted by Crippen LogP contribution is -2.33. The Kier molecular flexibility index (Phi) is 7.07. The molecule has 0 spiro atoms.